The zero-order chi connectivity index (χ0) is 13.7. The smallest absolute Gasteiger partial charge is 0.0705 e. The van der Waals surface area contributed by atoms with Crippen LogP contribution < -0.4 is 5.32 Å². The van der Waals surface area contributed by atoms with Gasteiger partial charge >= 0.3 is 0 Å². The first-order valence-electron chi connectivity index (χ1n) is 6.92. The summed E-state index contributed by atoms with van der Waals surface area (Å²) in [5.41, 5.74) is 2.39. The molecule has 1 aromatic carbocycles. The van der Waals surface area contributed by atoms with Crippen LogP contribution in [0.4, 0.5) is 0 Å². The van der Waals surface area contributed by atoms with Crippen LogP contribution in [0.2, 0.25) is 0 Å². The quantitative estimate of drug-likeness (QED) is 0.806. The lowest BCUT2D eigenvalue weighted by molar-refractivity contribution is 0.273. The van der Waals surface area contributed by atoms with Crippen LogP contribution in [0.25, 0.3) is 10.9 Å². The minimum absolute atomic E-state index is 0.601. The third-order valence-electron chi connectivity index (χ3n) is 3.58. The number of nitrogens with one attached hydrogen (secondary N) is 1. The van der Waals surface area contributed by atoms with Gasteiger partial charge in [-0.25, -0.2) is 0 Å². The highest BCUT2D eigenvalue weighted by atomic mass is 15.1. The Hall–Kier alpha value is -1.45. The van der Waals surface area contributed by atoms with Gasteiger partial charge in [0.15, 0.2) is 0 Å². The fourth-order valence-electron chi connectivity index (χ4n) is 2.05. The van der Waals surface area contributed by atoms with Gasteiger partial charge < -0.3 is 10.2 Å². The second-order valence-corrected chi connectivity index (χ2v) is 5.24. The molecule has 102 valence electrons. The van der Waals surface area contributed by atoms with Gasteiger partial charge in [0.1, 0.15) is 0 Å². The Labute approximate surface area is 115 Å². The monoisotopic (exact) mass is 257 g/mol. The lowest BCUT2D eigenvalue weighted by Crippen LogP contribution is -2.33. The highest BCUT2D eigenvalue weighted by Gasteiger charge is 2.03. The van der Waals surface area contributed by atoms with Crippen LogP contribution in [0.3, 0.4) is 0 Å². The molecule has 0 aliphatic carbocycles. The van der Waals surface area contributed by atoms with Crippen LogP contribution in [0.5, 0.6) is 0 Å². The summed E-state index contributed by atoms with van der Waals surface area (Å²) in [5, 5.41) is 4.76. The Kier molecular flexibility index (Phi) is 4.88. The van der Waals surface area contributed by atoms with Gasteiger partial charge in [-0.2, -0.15) is 0 Å². The lowest BCUT2D eigenvalue weighted by Gasteiger charge is -2.21. The molecule has 2 rings (SSSR count). The van der Waals surface area contributed by atoms with E-state index in [2.05, 4.69) is 60.4 Å². The summed E-state index contributed by atoms with van der Waals surface area (Å²) in [4.78, 5) is 6.73. The first-order chi connectivity index (χ1) is 9.18. The summed E-state index contributed by atoms with van der Waals surface area (Å²) in [6, 6.07) is 11.0. The minimum Gasteiger partial charge on any atom is -0.311 e. The topological polar surface area (TPSA) is 28.2 Å². The molecule has 0 aliphatic rings. The van der Waals surface area contributed by atoms with Gasteiger partial charge in [-0.3, -0.25) is 4.98 Å². The molecule has 0 aliphatic heterocycles. The number of hydrogen-bond donors (Lipinski definition) is 1. The maximum atomic E-state index is 4.39. The molecular formula is C16H23N3. The highest BCUT2D eigenvalue weighted by Crippen LogP contribution is 2.15. The molecule has 0 spiro atoms. The molecule has 0 amide bonds. The van der Waals surface area contributed by atoms with E-state index in [1.807, 2.05) is 12.3 Å². The number of fused-ring (bicyclic) bond motifs is 1. The number of likely N-dealkylation sites (N-methyl/N-ethyl adjacent to an activating group) is 1. The molecule has 0 fully saturated rings. The van der Waals surface area contributed by atoms with Crippen molar-refractivity contribution < 1.29 is 0 Å². The predicted molar refractivity (Wildman–Crippen MR) is 81.2 cm³/mol. The van der Waals surface area contributed by atoms with Gasteiger partial charge in [-0.05, 0) is 38.6 Å². The fraction of sp³-hybridized carbons (Fsp3) is 0.438. The highest BCUT2D eigenvalue weighted by molar-refractivity contribution is 5.81. The largest absolute Gasteiger partial charge is 0.311 e. The maximum absolute atomic E-state index is 4.39. The van der Waals surface area contributed by atoms with Crippen molar-refractivity contribution in [3.05, 3.63) is 42.1 Å². The molecule has 3 heteroatoms. The van der Waals surface area contributed by atoms with Gasteiger partial charge in [-0.1, -0.05) is 18.2 Å². The summed E-state index contributed by atoms with van der Waals surface area (Å²) in [7, 11) is 2.16. The number of hydrogen-bond acceptors (Lipinski definition) is 3. The third kappa shape index (κ3) is 3.75. The molecule has 1 aromatic heterocycles. The molecule has 19 heavy (non-hydrogen) atoms. The molecule has 0 atom stereocenters. The van der Waals surface area contributed by atoms with Crippen LogP contribution in [0.1, 0.15) is 19.4 Å². The summed E-state index contributed by atoms with van der Waals surface area (Å²) in [6.07, 6.45) is 1.89. The molecular weight excluding hydrogens is 234 g/mol. The molecule has 0 saturated heterocycles. The van der Waals surface area contributed by atoms with E-state index < -0.39 is 0 Å². The second kappa shape index (κ2) is 6.64. The van der Waals surface area contributed by atoms with Crippen molar-refractivity contribution >= 4 is 10.9 Å². The SMILES string of the molecule is CC(C)N(C)CCNCc1ccnc2ccccc12. The van der Waals surface area contributed by atoms with Crippen LogP contribution >= 0.6 is 0 Å². The number of pyridine rings is 1. The minimum atomic E-state index is 0.601. The summed E-state index contributed by atoms with van der Waals surface area (Å²) >= 11 is 0. The fourth-order valence-corrected chi connectivity index (χ4v) is 2.05. The van der Waals surface area contributed by atoms with Crippen molar-refractivity contribution in [1.82, 2.24) is 15.2 Å². The number of aromatic nitrogens is 1. The first kappa shape index (κ1) is 14.0. The van der Waals surface area contributed by atoms with Gasteiger partial charge in [0.2, 0.25) is 0 Å². The summed E-state index contributed by atoms with van der Waals surface area (Å²) in [5.74, 6) is 0. The third-order valence-corrected chi connectivity index (χ3v) is 3.58. The molecule has 3 nitrogen and oxygen atoms in total. The van der Waals surface area contributed by atoms with Crippen molar-refractivity contribution in [3.8, 4) is 0 Å². The number of rotatable bonds is 6. The van der Waals surface area contributed by atoms with E-state index in [0.29, 0.717) is 6.04 Å². The average Bonchev–Trinajstić information content (AvgIpc) is 2.43. The van der Waals surface area contributed by atoms with Gasteiger partial charge in [0.05, 0.1) is 5.52 Å². The Bertz CT molecular complexity index is 517. The van der Waals surface area contributed by atoms with Crippen LogP contribution in [-0.4, -0.2) is 36.1 Å². The lowest BCUT2D eigenvalue weighted by atomic mass is 10.1. The van der Waals surface area contributed by atoms with E-state index in [0.717, 1.165) is 25.2 Å². The molecule has 1 N–H and O–H groups in total. The standard InChI is InChI=1S/C16H23N3/c1-13(2)19(3)11-10-17-12-14-8-9-18-16-7-5-4-6-15(14)16/h4-9,13,17H,10-12H2,1-3H3. The van der Waals surface area contributed by atoms with Crippen LogP contribution in [-0.2, 0) is 6.54 Å². The summed E-state index contributed by atoms with van der Waals surface area (Å²) in [6.45, 7) is 7.41. The zero-order valence-corrected chi connectivity index (χ0v) is 12.1. The van der Waals surface area contributed by atoms with E-state index in [4.69, 9.17) is 0 Å². The van der Waals surface area contributed by atoms with Crippen LogP contribution in [0.15, 0.2) is 36.5 Å². The van der Waals surface area contributed by atoms with Gasteiger partial charge in [0.25, 0.3) is 0 Å². The summed E-state index contributed by atoms with van der Waals surface area (Å²) < 4.78 is 0. The second-order valence-electron chi connectivity index (χ2n) is 5.24. The van der Waals surface area contributed by atoms with E-state index >= 15 is 0 Å². The van der Waals surface area contributed by atoms with Crippen molar-refractivity contribution in [2.45, 2.75) is 26.4 Å². The van der Waals surface area contributed by atoms with Crippen molar-refractivity contribution in [2.75, 3.05) is 20.1 Å². The Morgan fingerprint density at radius 2 is 2.00 bits per heavy atom. The van der Waals surface area contributed by atoms with Gasteiger partial charge in [0, 0.05) is 37.3 Å². The molecule has 0 saturated carbocycles. The van der Waals surface area contributed by atoms with Crippen molar-refractivity contribution in [1.29, 1.82) is 0 Å². The van der Waals surface area contributed by atoms with E-state index in [9.17, 15) is 0 Å². The Balaban J connectivity index is 1.92. The number of benzene rings is 1. The maximum Gasteiger partial charge on any atom is 0.0705 e. The molecule has 1 heterocycles. The molecule has 0 bridgehead atoms. The number of para-hydroxylation sites is 1. The van der Waals surface area contributed by atoms with Crippen molar-refractivity contribution in [3.63, 3.8) is 0 Å². The van der Waals surface area contributed by atoms with E-state index in [-0.39, 0.29) is 0 Å². The van der Waals surface area contributed by atoms with E-state index in [1.165, 1.54) is 10.9 Å². The average molecular weight is 257 g/mol. The normalized spacial score (nSPS) is 11.6. The van der Waals surface area contributed by atoms with Crippen LogP contribution in [0, 0.1) is 0 Å². The molecule has 2 aromatic rings. The predicted octanol–water partition coefficient (Wildman–Crippen LogP) is 2.66. The Morgan fingerprint density at radius 3 is 2.79 bits per heavy atom. The van der Waals surface area contributed by atoms with E-state index in [1.54, 1.807) is 0 Å². The molecule has 0 unspecified atom stereocenters. The van der Waals surface area contributed by atoms with Crippen molar-refractivity contribution in [2.24, 2.45) is 0 Å². The zero-order valence-electron chi connectivity index (χ0n) is 12.1. The number of nitrogens with zero attached hydrogens (tertiary/aromatic N) is 2. The molecule has 0 radical (unpaired) electrons. The first-order valence-corrected chi connectivity index (χ1v) is 6.92. The van der Waals surface area contributed by atoms with Gasteiger partial charge in [-0.15, -0.1) is 0 Å². The Morgan fingerprint density at radius 1 is 1.21 bits per heavy atom.